The molecule has 178 valence electrons. The molecule has 0 saturated carbocycles. The van der Waals surface area contributed by atoms with E-state index in [4.69, 9.17) is 9.47 Å². The van der Waals surface area contributed by atoms with Gasteiger partial charge in [-0.25, -0.2) is 0 Å². The van der Waals surface area contributed by atoms with Crippen molar-refractivity contribution in [1.29, 1.82) is 0 Å². The largest absolute Gasteiger partial charge is 0.493 e. The van der Waals surface area contributed by atoms with Crippen LogP contribution in [0.1, 0.15) is 29.7 Å². The number of rotatable bonds is 5. The predicted octanol–water partition coefficient (Wildman–Crippen LogP) is 5.10. The Morgan fingerprint density at radius 3 is 2.18 bits per heavy atom. The maximum Gasteiger partial charge on any atom is 0.471 e. The molecule has 0 bridgehead atoms. The monoisotopic (exact) mass is 688 g/mol. The van der Waals surface area contributed by atoms with E-state index in [0.717, 1.165) is 23.2 Å². The number of alkyl halides is 3. The van der Waals surface area contributed by atoms with Crippen LogP contribution >= 0.6 is 45.2 Å². The topological polar surface area (TPSA) is 67.9 Å². The summed E-state index contributed by atoms with van der Waals surface area (Å²) >= 11 is 4.15. The number of anilines is 1. The van der Waals surface area contributed by atoms with Crippen LogP contribution in [0.5, 0.6) is 11.5 Å². The minimum Gasteiger partial charge on any atom is -0.493 e. The number of fused-ring (bicyclic) bond motifs is 1. The normalized spacial score (nSPS) is 15.6. The summed E-state index contributed by atoms with van der Waals surface area (Å²) in [6.07, 6.45) is -4.55. The van der Waals surface area contributed by atoms with E-state index in [0.29, 0.717) is 22.7 Å². The van der Waals surface area contributed by atoms with Gasteiger partial charge in [-0.05, 0) is 99.0 Å². The number of carbonyl (C=O) groups is 2. The number of halogens is 5. The summed E-state index contributed by atoms with van der Waals surface area (Å²) in [5.41, 5.74) is 2.78. The van der Waals surface area contributed by atoms with Gasteiger partial charge in [-0.3, -0.25) is 9.59 Å². The van der Waals surface area contributed by atoms with E-state index in [-0.39, 0.29) is 25.3 Å². The fourth-order valence-corrected chi connectivity index (χ4v) is 6.08. The summed E-state index contributed by atoms with van der Waals surface area (Å²) in [4.78, 5) is 24.7. The highest BCUT2D eigenvalue weighted by atomic mass is 127. The second-order valence-corrected chi connectivity index (χ2v) is 9.81. The number of hydrogen-bond donors (Lipinski definition) is 1. The summed E-state index contributed by atoms with van der Waals surface area (Å²) in [7, 11) is 2.94. The molecule has 2 aromatic rings. The Morgan fingerprint density at radius 2 is 1.67 bits per heavy atom. The molecule has 1 unspecified atom stereocenters. The quantitative estimate of drug-likeness (QED) is 0.445. The van der Waals surface area contributed by atoms with Crippen molar-refractivity contribution in [3.05, 3.63) is 48.1 Å². The summed E-state index contributed by atoms with van der Waals surface area (Å²) in [5, 5.41) is 2.76. The van der Waals surface area contributed by atoms with Gasteiger partial charge in [0, 0.05) is 20.6 Å². The number of ether oxygens (including phenoxy) is 2. The number of nitrogens with one attached hydrogen (secondary N) is 1. The van der Waals surface area contributed by atoms with E-state index in [1.54, 1.807) is 24.3 Å². The van der Waals surface area contributed by atoms with E-state index < -0.39 is 18.1 Å². The van der Waals surface area contributed by atoms with Crippen LogP contribution < -0.4 is 14.8 Å². The summed E-state index contributed by atoms with van der Waals surface area (Å²) in [6.45, 7) is 1.34. The fourth-order valence-electron chi connectivity index (χ4n) is 3.92. The van der Waals surface area contributed by atoms with E-state index in [9.17, 15) is 22.8 Å². The lowest BCUT2D eigenvalue weighted by atomic mass is 9.88. The Bertz CT molecular complexity index is 1070. The third-order valence-corrected chi connectivity index (χ3v) is 7.04. The van der Waals surface area contributed by atoms with Crippen molar-refractivity contribution in [1.82, 2.24) is 4.90 Å². The van der Waals surface area contributed by atoms with Crippen molar-refractivity contribution in [2.75, 3.05) is 26.1 Å². The number of nitrogens with zero attached hydrogens (tertiary/aromatic N) is 1. The molecular formula is C22H21F3I2N2O4. The van der Waals surface area contributed by atoms with Crippen molar-refractivity contribution < 1.29 is 32.2 Å². The number of methoxy groups -OCH3 is 2. The van der Waals surface area contributed by atoms with Crippen LogP contribution in [-0.2, 0) is 22.4 Å². The van der Waals surface area contributed by atoms with Gasteiger partial charge in [-0.1, -0.05) is 0 Å². The van der Waals surface area contributed by atoms with Crippen molar-refractivity contribution in [3.63, 3.8) is 0 Å². The van der Waals surface area contributed by atoms with Gasteiger partial charge in [-0.2, -0.15) is 13.2 Å². The lowest BCUT2D eigenvalue weighted by Crippen LogP contribution is -2.47. The first kappa shape index (κ1) is 25.8. The number of carbonyl (C=O) groups excluding carboxylic acids is 2. The average Bonchev–Trinajstić information content (AvgIpc) is 2.74. The van der Waals surface area contributed by atoms with Crippen LogP contribution in [0.4, 0.5) is 18.9 Å². The average molecular weight is 688 g/mol. The molecule has 1 N–H and O–H groups in total. The fraction of sp³-hybridized carbons (Fsp3) is 0.364. The number of benzene rings is 2. The van der Waals surface area contributed by atoms with E-state index in [2.05, 4.69) is 50.5 Å². The zero-order chi connectivity index (χ0) is 24.5. The second-order valence-electron chi connectivity index (χ2n) is 7.49. The smallest absolute Gasteiger partial charge is 0.471 e. The maximum atomic E-state index is 13.4. The highest BCUT2D eigenvalue weighted by molar-refractivity contribution is 14.1. The van der Waals surface area contributed by atoms with Gasteiger partial charge in [0.25, 0.3) is 0 Å². The molecule has 1 atom stereocenters. The molecule has 6 nitrogen and oxygen atoms in total. The molecular weight excluding hydrogens is 667 g/mol. The molecule has 0 spiro atoms. The van der Waals surface area contributed by atoms with Crippen LogP contribution in [-0.4, -0.2) is 43.7 Å². The zero-order valence-electron chi connectivity index (χ0n) is 18.0. The molecule has 33 heavy (non-hydrogen) atoms. The van der Waals surface area contributed by atoms with E-state index in [1.807, 2.05) is 0 Å². The van der Waals surface area contributed by atoms with Gasteiger partial charge in [0.2, 0.25) is 5.91 Å². The van der Waals surface area contributed by atoms with Crippen molar-refractivity contribution >= 4 is 62.7 Å². The van der Waals surface area contributed by atoms with Gasteiger partial charge in [-0.15, -0.1) is 0 Å². The Balaban J connectivity index is 2.09. The van der Waals surface area contributed by atoms with Crippen LogP contribution in [0.2, 0.25) is 0 Å². The number of amides is 2. The van der Waals surface area contributed by atoms with Gasteiger partial charge in [0.1, 0.15) is 0 Å². The molecule has 0 radical (unpaired) electrons. The first-order chi connectivity index (χ1) is 15.5. The molecule has 0 aromatic heterocycles. The lowest BCUT2D eigenvalue weighted by molar-refractivity contribution is -0.188. The van der Waals surface area contributed by atoms with Gasteiger partial charge in [0.15, 0.2) is 11.5 Å². The minimum atomic E-state index is -4.98. The van der Waals surface area contributed by atoms with Gasteiger partial charge < -0.3 is 19.7 Å². The molecule has 0 fully saturated rings. The lowest BCUT2D eigenvalue weighted by Gasteiger charge is -2.38. The Kier molecular flexibility index (Phi) is 8.02. The predicted molar refractivity (Wildman–Crippen MR) is 134 cm³/mol. The van der Waals surface area contributed by atoms with Crippen molar-refractivity contribution in [2.45, 2.75) is 32.0 Å². The van der Waals surface area contributed by atoms with Crippen molar-refractivity contribution in [2.24, 2.45) is 0 Å². The Morgan fingerprint density at radius 1 is 1.09 bits per heavy atom. The third-order valence-electron chi connectivity index (χ3n) is 5.34. The maximum absolute atomic E-state index is 13.4. The molecule has 11 heteroatoms. The van der Waals surface area contributed by atoms with E-state index >= 15 is 0 Å². The zero-order valence-corrected chi connectivity index (χ0v) is 22.3. The molecule has 1 aliphatic heterocycles. The molecule has 1 heterocycles. The highest BCUT2D eigenvalue weighted by Gasteiger charge is 2.46. The first-order valence-electron chi connectivity index (χ1n) is 9.84. The molecule has 3 rings (SSSR count). The SMILES string of the molecule is COc1cc2c(cc1OC)C(Cc1cc(I)c(NC(C)=O)c(I)c1)N(C(=O)C(F)(F)F)CC2. The van der Waals surface area contributed by atoms with Crippen LogP contribution in [0.25, 0.3) is 0 Å². The van der Waals surface area contributed by atoms with Gasteiger partial charge in [0.05, 0.1) is 25.9 Å². The van der Waals surface area contributed by atoms with Crippen LogP contribution in [0, 0.1) is 7.14 Å². The Labute approximate surface area is 216 Å². The summed E-state index contributed by atoms with van der Waals surface area (Å²) < 4.78 is 52.4. The molecule has 2 aromatic carbocycles. The molecule has 0 saturated heterocycles. The molecule has 1 aliphatic rings. The second kappa shape index (κ2) is 10.2. The molecule has 0 aliphatic carbocycles. The van der Waals surface area contributed by atoms with Crippen molar-refractivity contribution in [3.8, 4) is 11.5 Å². The van der Waals surface area contributed by atoms with Crippen LogP contribution in [0.3, 0.4) is 0 Å². The highest BCUT2D eigenvalue weighted by Crippen LogP contribution is 2.41. The van der Waals surface area contributed by atoms with Crippen LogP contribution in [0.15, 0.2) is 24.3 Å². The van der Waals surface area contributed by atoms with E-state index in [1.165, 1.54) is 21.1 Å². The number of hydrogen-bond acceptors (Lipinski definition) is 4. The minimum absolute atomic E-state index is 0.0658. The summed E-state index contributed by atoms with van der Waals surface area (Å²) in [6, 6.07) is 6.17. The Hall–Kier alpha value is -1.77. The summed E-state index contributed by atoms with van der Waals surface area (Å²) in [5.74, 6) is -1.22. The first-order valence-corrected chi connectivity index (χ1v) is 12.0. The standard InChI is InChI=1S/C22H21F3I2N2O4/c1-11(30)28-20-15(26)6-12(7-16(20)27)8-17-14-10-19(33-3)18(32-2)9-13(14)4-5-29(17)21(31)22(23,24)25/h6-7,9-10,17H,4-5,8H2,1-3H3,(H,28,30). The van der Waals surface area contributed by atoms with Gasteiger partial charge >= 0.3 is 12.1 Å². The third kappa shape index (κ3) is 5.66. The molecule has 2 amide bonds.